The molecule has 0 heterocycles. The molecule has 0 amide bonds. The first kappa shape index (κ1) is 209. The zero-order valence-corrected chi connectivity index (χ0v) is 66.1. The Morgan fingerprint density at radius 2 is 0.120 bits per heavy atom. The van der Waals surface area contributed by atoms with Gasteiger partial charge in [-0.05, 0) is 0 Å². The maximum absolute atomic E-state index is 0. The van der Waals surface area contributed by atoms with Crippen molar-refractivity contribution in [3.63, 3.8) is 0 Å². The molecule has 0 unspecified atom stereocenters. The summed E-state index contributed by atoms with van der Waals surface area (Å²) in [5.74, 6) is 0. The summed E-state index contributed by atoms with van der Waals surface area (Å²) in [6.07, 6.45) is 0. The molecule has 0 aliphatic rings. The number of hydrogen-bond donors (Lipinski definition) is 0. The molecule has 25 heteroatoms. The Morgan fingerprint density at radius 3 is 0.120 bits per heavy atom. The molecule has 0 aromatic rings. The molecule has 0 aromatic heterocycles. The standard InChI is InChI=1S/5ClH.20Na.20H/h5*1H;;;;;;;;;;;;;;;;;;;;;;;;;;;;;;;;;;;;;;;;/q;;;;;20*+1;20*-1. The van der Waals surface area contributed by atoms with E-state index < -0.39 is 0 Å². The summed E-state index contributed by atoms with van der Waals surface area (Å²) < 4.78 is 0. The van der Waals surface area contributed by atoms with E-state index in [1.54, 1.807) is 0 Å². The average Bonchev–Trinajstić information content (AvgIpc) is 0. The molecule has 0 aliphatic carbocycles. The fourth-order valence-corrected chi connectivity index (χ4v) is 0. The third-order valence-electron chi connectivity index (χ3n) is 0. The van der Waals surface area contributed by atoms with Crippen molar-refractivity contribution in [3.8, 4) is 0 Å². The van der Waals surface area contributed by atoms with Crippen LogP contribution in [0.15, 0.2) is 0 Å². The number of hydrogen-bond acceptors (Lipinski definition) is 0. The summed E-state index contributed by atoms with van der Waals surface area (Å²) in [6.45, 7) is 0. The first-order chi connectivity index (χ1) is 0. The minimum absolute atomic E-state index is 0. The topological polar surface area (TPSA) is 0 Å². The Hall–Kier alpha value is 21.4. The summed E-state index contributed by atoms with van der Waals surface area (Å²) in [5.41, 5.74) is 0. The van der Waals surface area contributed by atoms with E-state index in [0.29, 0.717) is 0 Å². The summed E-state index contributed by atoms with van der Waals surface area (Å²) in [7, 11) is 0. The van der Waals surface area contributed by atoms with E-state index in [-0.39, 0.29) is 682 Å². The van der Waals surface area contributed by atoms with Crippen molar-refractivity contribution >= 4 is 62.0 Å². The van der Waals surface area contributed by atoms with Crippen molar-refractivity contribution in [3.05, 3.63) is 0 Å². The monoisotopic (exact) mass is 660 g/mol. The normalized spacial score (nSPS) is 0. The Balaban J connectivity index is 0. The van der Waals surface area contributed by atoms with Crippen molar-refractivity contribution in [1.82, 2.24) is 0 Å². The van der Waals surface area contributed by atoms with Gasteiger partial charge in [-0.3, -0.25) is 0 Å². The average molecular weight is 662 g/mol. The molecule has 0 fully saturated rings. The van der Waals surface area contributed by atoms with Gasteiger partial charge in [0.15, 0.2) is 0 Å². The van der Waals surface area contributed by atoms with Crippen LogP contribution in [0.5, 0.6) is 0 Å². The van der Waals surface area contributed by atoms with Crippen LogP contribution in [0.25, 0.3) is 0 Å². The van der Waals surface area contributed by atoms with Gasteiger partial charge in [-0.25, -0.2) is 0 Å². The maximum atomic E-state index is 0. The summed E-state index contributed by atoms with van der Waals surface area (Å²) >= 11 is 0. The Morgan fingerprint density at radius 1 is 0.120 bits per heavy atom. The van der Waals surface area contributed by atoms with Crippen LogP contribution in [0, 0.1) is 0 Å². The molecule has 0 nitrogen and oxygen atoms in total. The van der Waals surface area contributed by atoms with Crippen LogP contribution in [0.2, 0.25) is 0 Å². The first-order valence-corrected chi connectivity index (χ1v) is 0. The van der Waals surface area contributed by atoms with E-state index in [4.69, 9.17) is 0 Å². The van der Waals surface area contributed by atoms with Crippen molar-refractivity contribution in [2.45, 2.75) is 0 Å². The predicted molar refractivity (Wildman–Crippen MR) is 58.5 cm³/mol. The molecule has 25 heavy (non-hydrogen) atoms. The fraction of sp³-hybridized carbons (Fsp3) is 0. The zero-order chi connectivity index (χ0) is 0. The number of rotatable bonds is 0. The van der Waals surface area contributed by atoms with Crippen LogP contribution in [0.3, 0.4) is 0 Å². The molecule has 0 N–H and O–H groups in total. The molecular weight excluding hydrogens is 637 g/mol. The summed E-state index contributed by atoms with van der Waals surface area (Å²) in [5, 5.41) is 0. The van der Waals surface area contributed by atoms with E-state index in [1.807, 2.05) is 0 Å². The molecule has 0 saturated heterocycles. The molecule has 80 valence electrons. The van der Waals surface area contributed by atoms with E-state index in [0.717, 1.165) is 0 Å². The first-order valence-electron chi connectivity index (χ1n) is 0. The van der Waals surface area contributed by atoms with Gasteiger partial charge in [0, 0.05) is 0 Å². The van der Waals surface area contributed by atoms with Crippen molar-refractivity contribution in [2.24, 2.45) is 0 Å². The second-order valence-electron chi connectivity index (χ2n) is 0. The van der Waals surface area contributed by atoms with Gasteiger partial charge in [0.2, 0.25) is 0 Å². The third-order valence-corrected chi connectivity index (χ3v) is 0. The Kier molecular flexibility index (Phi) is 1630. The number of halogens is 5. The fourth-order valence-electron chi connectivity index (χ4n) is 0. The summed E-state index contributed by atoms with van der Waals surface area (Å²) in [6, 6.07) is 0. The van der Waals surface area contributed by atoms with Crippen LogP contribution >= 0.6 is 62.0 Å². The van der Waals surface area contributed by atoms with Crippen molar-refractivity contribution < 1.29 is 620 Å². The summed E-state index contributed by atoms with van der Waals surface area (Å²) in [4.78, 5) is 0. The van der Waals surface area contributed by atoms with Crippen LogP contribution in [-0.4, -0.2) is 0 Å². The zero-order valence-electron chi connectivity index (χ0n) is 42.0. The van der Waals surface area contributed by atoms with Crippen LogP contribution in [0.4, 0.5) is 0 Å². The largest absolute Gasteiger partial charge is 1.00 e. The van der Waals surface area contributed by atoms with Crippen molar-refractivity contribution in [1.29, 1.82) is 0 Å². The van der Waals surface area contributed by atoms with E-state index >= 15 is 0 Å². The molecule has 0 rings (SSSR count). The van der Waals surface area contributed by atoms with E-state index in [9.17, 15) is 0 Å². The molecule has 0 radical (unpaired) electrons. The van der Waals surface area contributed by atoms with E-state index in [2.05, 4.69) is 0 Å². The predicted octanol–water partition coefficient (Wildman–Crippen LogP) is -55.6. The molecule has 0 saturated carbocycles. The Labute approximate surface area is 660 Å². The SMILES string of the molecule is Cl.Cl.Cl.Cl.Cl.[H-].[H-].[H-].[H-].[H-].[H-].[H-].[H-].[H-].[H-].[H-].[H-].[H-].[H-].[H-].[H-].[H-].[H-].[H-].[H-].[Na+].[Na+].[Na+].[Na+].[Na+].[Na+].[Na+].[Na+].[Na+].[Na+].[Na+].[Na+].[Na+].[Na+].[Na+].[Na+].[Na+].[Na+].[Na+].[Na+]. The molecular formula is H25Cl5Na20. The molecule has 0 atom stereocenters. The Bertz CT molecular complexity index is 62.6. The van der Waals surface area contributed by atoms with Gasteiger partial charge in [-0.15, -0.1) is 62.0 Å². The van der Waals surface area contributed by atoms with Gasteiger partial charge in [0.25, 0.3) is 0 Å². The maximum Gasteiger partial charge on any atom is 1.00 e. The molecule has 0 aliphatic heterocycles. The van der Waals surface area contributed by atoms with Gasteiger partial charge >= 0.3 is 591 Å². The van der Waals surface area contributed by atoms with Gasteiger partial charge in [-0.2, -0.15) is 0 Å². The van der Waals surface area contributed by atoms with Gasteiger partial charge in [0.05, 0.1) is 0 Å². The van der Waals surface area contributed by atoms with Gasteiger partial charge in [0.1, 0.15) is 0 Å². The quantitative estimate of drug-likeness (QED) is 0.227. The van der Waals surface area contributed by atoms with Gasteiger partial charge < -0.3 is 28.5 Å². The second-order valence-corrected chi connectivity index (χ2v) is 0. The smallest absolute Gasteiger partial charge is 1.00 e. The van der Waals surface area contributed by atoms with Gasteiger partial charge in [-0.1, -0.05) is 0 Å². The second kappa shape index (κ2) is 195. The molecule has 0 aromatic carbocycles. The van der Waals surface area contributed by atoms with Crippen LogP contribution < -0.4 is 591 Å². The van der Waals surface area contributed by atoms with E-state index in [1.165, 1.54) is 0 Å². The van der Waals surface area contributed by atoms with Crippen molar-refractivity contribution in [2.75, 3.05) is 0 Å². The molecule has 0 spiro atoms. The minimum atomic E-state index is 0. The van der Waals surface area contributed by atoms with Crippen LogP contribution in [-0.2, 0) is 0 Å². The third kappa shape index (κ3) is 186. The molecule has 0 bridgehead atoms. The van der Waals surface area contributed by atoms with Crippen LogP contribution in [0.1, 0.15) is 28.5 Å². The minimum Gasteiger partial charge on any atom is -1.00 e.